The number of nitrogens with zero attached hydrogens (tertiary/aromatic N) is 2. The first-order valence-corrected chi connectivity index (χ1v) is 6.55. The molecule has 1 fully saturated rings. The maximum Gasteiger partial charge on any atom is 0.219 e. The highest BCUT2D eigenvalue weighted by atomic mass is 19.1. The van der Waals surface area contributed by atoms with Crippen molar-refractivity contribution >= 4 is 5.91 Å². The van der Waals surface area contributed by atoms with Crippen molar-refractivity contribution in [3.63, 3.8) is 0 Å². The third-order valence-electron chi connectivity index (χ3n) is 3.56. The van der Waals surface area contributed by atoms with Gasteiger partial charge in [-0.15, -0.1) is 0 Å². The molecule has 1 aliphatic rings. The van der Waals surface area contributed by atoms with E-state index in [0.29, 0.717) is 31.7 Å². The number of hydrogen-bond donors (Lipinski definition) is 1. The van der Waals surface area contributed by atoms with Crippen LogP contribution in [-0.2, 0) is 17.9 Å². The maximum atomic E-state index is 13.7. The minimum absolute atomic E-state index is 0.107. The minimum atomic E-state index is -0.189. The molecular weight excluding hydrogens is 245 g/mol. The van der Waals surface area contributed by atoms with Crippen molar-refractivity contribution in [1.29, 1.82) is 0 Å². The van der Waals surface area contributed by atoms with E-state index >= 15 is 0 Å². The van der Waals surface area contributed by atoms with Crippen molar-refractivity contribution in [2.24, 2.45) is 5.73 Å². The Bertz CT molecular complexity index is 456. The molecule has 1 amide bonds. The summed E-state index contributed by atoms with van der Waals surface area (Å²) in [7, 11) is 0. The number of benzene rings is 1. The fraction of sp³-hybridized carbons (Fsp3) is 0.500. The second kappa shape index (κ2) is 6.12. The Kier molecular flexibility index (Phi) is 4.50. The third-order valence-corrected chi connectivity index (χ3v) is 3.56. The molecule has 1 aromatic rings. The van der Waals surface area contributed by atoms with E-state index in [4.69, 9.17) is 5.73 Å². The van der Waals surface area contributed by atoms with Crippen molar-refractivity contribution in [2.75, 3.05) is 26.2 Å². The number of nitrogens with two attached hydrogens (primary N) is 1. The van der Waals surface area contributed by atoms with Crippen LogP contribution in [0.15, 0.2) is 18.2 Å². The zero-order valence-electron chi connectivity index (χ0n) is 11.2. The minimum Gasteiger partial charge on any atom is -0.340 e. The number of rotatable bonds is 3. The van der Waals surface area contributed by atoms with Crippen LogP contribution in [-0.4, -0.2) is 41.9 Å². The molecule has 0 aliphatic carbocycles. The van der Waals surface area contributed by atoms with E-state index < -0.39 is 0 Å². The van der Waals surface area contributed by atoms with Gasteiger partial charge in [-0.3, -0.25) is 9.69 Å². The summed E-state index contributed by atoms with van der Waals surface area (Å²) in [4.78, 5) is 15.2. The molecule has 1 saturated heterocycles. The van der Waals surface area contributed by atoms with Crippen molar-refractivity contribution in [3.05, 3.63) is 35.1 Å². The molecule has 1 heterocycles. The molecule has 19 heavy (non-hydrogen) atoms. The van der Waals surface area contributed by atoms with E-state index in [9.17, 15) is 9.18 Å². The molecular formula is C14H20FN3O. The lowest BCUT2D eigenvalue weighted by Gasteiger charge is -2.34. The van der Waals surface area contributed by atoms with Crippen LogP contribution in [0.2, 0.25) is 0 Å². The normalized spacial score (nSPS) is 16.7. The lowest BCUT2D eigenvalue weighted by molar-refractivity contribution is -0.130. The van der Waals surface area contributed by atoms with Gasteiger partial charge in [0, 0.05) is 51.8 Å². The summed E-state index contributed by atoms with van der Waals surface area (Å²) in [5, 5.41) is 0. The predicted octanol–water partition coefficient (Wildman–Crippen LogP) is 0.948. The molecule has 0 unspecified atom stereocenters. The molecule has 2 N–H and O–H groups in total. The van der Waals surface area contributed by atoms with E-state index in [2.05, 4.69) is 4.90 Å². The van der Waals surface area contributed by atoms with Gasteiger partial charge in [-0.1, -0.05) is 12.1 Å². The van der Waals surface area contributed by atoms with Crippen LogP contribution in [0.1, 0.15) is 18.1 Å². The van der Waals surface area contributed by atoms with Crippen LogP contribution < -0.4 is 5.73 Å². The Balaban J connectivity index is 1.97. The van der Waals surface area contributed by atoms with E-state index in [1.807, 2.05) is 11.0 Å². The zero-order valence-corrected chi connectivity index (χ0v) is 11.2. The molecule has 0 aromatic heterocycles. The molecule has 5 heteroatoms. The molecule has 0 atom stereocenters. The highest BCUT2D eigenvalue weighted by molar-refractivity contribution is 5.73. The van der Waals surface area contributed by atoms with Crippen molar-refractivity contribution < 1.29 is 9.18 Å². The Labute approximate surface area is 113 Å². The van der Waals surface area contributed by atoms with Crippen LogP contribution in [0, 0.1) is 5.82 Å². The lowest BCUT2D eigenvalue weighted by Crippen LogP contribution is -2.47. The third kappa shape index (κ3) is 3.52. The van der Waals surface area contributed by atoms with Crippen molar-refractivity contribution in [1.82, 2.24) is 9.80 Å². The smallest absolute Gasteiger partial charge is 0.219 e. The molecule has 0 radical (unpaired) electrons. The van der Waals surface area contributed by atoms with E-state index in [1.165, 1.54) is 6.07 Å². The number of piperazine rings is 1. The van der Waals surface area contributed by atoms with Crippen LogP contribution in [0.3, 0.4) is 0 Å². The molecule has 0 saturated carbocycles. The second-order valence-electron chi connectivity index (χ2n) is 4.91. The summed E-state index contributed by atoms with van der Waals surface area (Å²) in [6, 6.07) is 5.02. The number of hydrogen-bond acceptors (Lipinski definition) is 3. The van der Waals surface area contributed by atoms with Gasteiger partial charge in [0.25, 0.3) is 0 Å². The number of carbonyl (C=O) groups is 1. The summed E-state index contributed by atoms with van der Waals surface area (Å²) in [5.41, 5.74) is 7.20. The second-order valence-corrected chi connectivity index (χ2v) is 4.91. The molecule has 4 nitrogen and oxygen atoms in total. The summed E-state index contributed by atoms with van der Waals surface area (Å²) in [5.74, 6) is -0.0813. The van der Waals surface area contributed by atoms with E-state index in [0.717, 1.165) is 18.7 Å². The first-order chi connectivity index (χ1) is 9.10. The number of amides is 1. The van der Waals surface area contributed by atoms with Gasteiger partial charge in [-0.05, 0) is 11.6 Å². The molecule has 1 aromatic carbocycles. The molecule has 2 rings (SSSR count). The van der Waals surface area contributed by atoms with Gasteiger partial charge >= 0.3 is 0 Å². The first kappa shape index (κ1) is 14.0. The van der Waals surface area contributed by atoms with Gasteiger partial charge in [0.1, 0.15) is 5.82 Å². The standard InChI is InChI=1S/C14H20FN3O/c1-11(19)18-6-4-17(5-7-18)10-13-8-12(9-16)2-3-14(13)15/h2-3,8H,4-7,9-10,16H2,1H3. The van der Waals surface area contributed by atoms with Crippen molar-refractivity contribution in [3.8, 4) is 0 Å². The predicted molar refractivity (Wildman–Crippen MR) is 71.8 cm³/mol. The average molecular weight is 265 g/mol. The number of halogens is 1. The monoisotopic (exact) mass is 265 g/mol. The van der Waals surface area contributed by atoms with Crippen LogP contribution in [0.5, 0.6) is 0 Å². The maximum absolute atomic E-state index is 13.7. The molecule has 0 spiro atoms. The fourth-order valence-corrected chi connectivity index (χ4v) is 2.34. The largest absolute Gasteiger partial charge is 0.340 e. The van der Waals surface area contributed by atoms with Gasteiger partial charge < -0.3 is 10.6 Å². The van der Waals surface area contributed by atoms with Gasteiger partial charge in [-0.2, -0.15) is 0 Å². The summed E-state index contributed by atoms with van der Waals surface area (Å²) < 4.78 is 13.7. The molecule has 104 valence electrons. The SMILES string of the molecule is CC(=O)N1CCN(Cc2cc(CN)ccc2F)CC1. The Morgan fingerprint density at radius 2 is 2.00 bits per heavy atom. The average Bonchev–Trinajstić information content (AvgIpc) is 2.42. The Morgan fingerprint density at radius 1 is 1.32 bits per heavy atom. The van der Waals surface area contributed by atoms with Crippen molar-refractivity contribution in [2.45, 2.75) is 20.0 Å². The Hall–Kier alpha value is -1.46. The topological polar surface area (TPSA) is 49.6 Å². The van der Waals surface area contributed by atoms with Gasteiger partial charge in [-0.25, -0.2) is 4.39 Å². The lowest BCUT2D eigenvalue weighted by atomic mass is 10.1. The molecule has 1 aliphatic heterocycles. The fourth-order valence-electron chi connectivity index (χ4n) is 2.34. The Morgan fingerprint density at radius 3 is 2.58 bits per heavy atom. The van der Waals surface area contributed by atoms with Crippen LogP contribution in [0.4, 0.5) is 4.39 Å². The zero-order chi connectivity index (χ0) is 13.8. The van der Waals surface area contributed by atoms with Crippen LogP contribution >= 0.6 is 0 Å². The summed E-state index contributed by atoms with van der Waals surface area (Å²) in [6.07, 6.45) is 0. The van der Waals surface area contributed by atoms with Gasteiger partial charge in [0.05, 0.1) is 0 Å². The molecule has 0 bridgehead atoms. The van der Waals surface area contributed by atoms with Gasteiger partial charge in [0.2, 0.25) is 5.91 Å². The highest BCUT2D eigenvalue weighted by Crippen LogP contribution is 2.14. The van der Waals surface area contributed by atoms with E-state index in [1.54, 1.807) is 13.0 Å². The summed E-state index contributed by atoms with van der Waals surface area (Å²) in [6.45, 7) is 5.58. The summed E-state index contributed by atoms with van der Waals surface area (Å²) >= 11 is 0. The highest BCUT2D eigenvalue weighted by Gasteiger charge is 2.19. The van der Waals surface area contributed by atoms with Gasteiger partial charge in [0.15, 0.2) is 0 Å². The van der Waals surface area contributed by atoms with Crippen LogP contribution in [0.25, 0.3) is 0 Å². The first-order valence-electron chi connectivity index (χ1n) is 6.55. The quantitative estimate of drug-likeness (QED) is 0.885. The number of carbonyl (C=O) groups excluding carboxylic acids is 1. The van der Waals surface area contributed by atoms with E-state index in [-0.39, 0.29) is 11.7 Å².